The second-order valence-corrected chi connectivity index (χ2v) is 6.09. The average Bonchev–Trinajstić information content (AvgIpc) is 2.47. The molecule has 2 atom stereocenters. The Labute approximate surface area is 126 Å². The van der Waals surface area contributed by atoms with Crippen LogP contribution in [0.25, 0.3) is 0 Å². The van der Waals surface area contributed by atoms with Crippen LogP contribution in [-0.4, -0.2) is 30.0 Å². The minimum absolute atomic E-state index is 0.161. The van der Waals surface area contributed by atoms with Gasteiger partial charge in [-0.15, -0.1) is 0 Å². The Hall–Kier alpha value is -1.62. The molecule has 1 aromatic rings. The second-order valence-electron chi connectivity index (χ2n) is 6.09. The molecule has 0 spiro atoms. The van der Waals surface area contributed by atoms with Crippen LogP contribution < -0.4 is 5.32 Å². The van der Waals surface area contributed by atoms with Crippen LogP contribution in [0.4, 0.5) is 11.4 Å². The lowest BCUT2D eigenvalue weighted by atomic mass is 9.85. The van der Waals surface area contributed by atoms with Crippen LogP contribution in [0.15, 0.2) is 18.2 Å². The van der Waals surface area contributed by atoms with Crippen LogP contribution in [0.2, 0.25) is 0 Å². The van der Waals surface area contributed by atoms with Gasteiger partial charge in [-0.2, -0.15) is 0 Å². The minimum atomic E-state index is -0.327. The van der Waals surface area contributed by atoms with Crippen molar-refractivity contribution in [2.45, 2.75) is 45.2 Å². The molecular formula is C16H25N3O2. The van der Waals surface area contributed by atoms with Gasteiger partial charge in [0.1, 0.15) is 0 Å². The van der Waals surface area contributed by atoms with Crippen molar-refractivity contribution < 1.29 is 4.92 Å². The number of nitro groups is 1. The van der Waals surface area contributed by atoms with Crippen molar-refractivity contribution in [2.75, 3.05) is 19.4 Å². The standard InChI is InChI=1S/C16H25N3O2/c1-12-6-4-5-7-16(12)18(3)11-13-10-14(19(20)21)8-9-15(13)17-2/h8-10,12,16-17H,4-7,11H2,1-3H3. The van der Waals surface area contributed by atoms with Gasteiger partial charge >= 0.3 is 0 Å². The lowest BCUT2D eigenvalue weighted by Gasteiger charge is -2.36. The van der Waals surface area contributed by atoms with E-state index in [0.717, 1.165) is 17.8 Å². The number of anilines is 1. The number of nitrogens with zero attached hydrogens (tertiary/aromatic N) is 2. The number of nitro benzene ring substituents is 1. The molecule has 1 aliphatic carbocycles. The third-order valence-corrected chi connectivity index (χ3v) is 4.62. The maximum Gasteiger partial charge on any atom is 0.269 e. The van der Waals surface area contributed by atoms with E-state index in [0.29, 0.717) is 12.0 Å². The third kappa shape index (κ3) is 3.73. The number of benzene rings is 1. The molecule has 1 aliphatic rings. The summed E-state index contributed by atoms with van der Waals surface area (Å²) in [6.07, 6.45) is 5.11. The summed E-state index contributed by atoms with van der Waals surface area (Å²) < 4.78 is 0. The highest BCUT2D eigenvalue weighted by atomic mass is 16.6. The fourth-order valence-corrected chi connectivity index (χ4v) is 3.41. The Bertz CT molecular complexity index is 504. The molecule has 21 heavy (non-hydrogen) atoms. The first-order valence-corrected chi connectivity index (χ1v) is 7.68. The molecular weight excluding hydrogens is 266 g/mol. The van der Waals surface area contributed by atoms with Crippen molar-refractivity contribution in [3.8, 4) is 0 Å². The molecule has 1 saturated carbocycles. The molecule has 5 nitrogen and oxygen atoms in total. The predicted octanol–water partition coefficient (Wildman–Crippen LogP) is 3.65. The predicted molar refractivity (Wildman–Crippen MR) is 85.5 cm³/mol. The fraction of sp³-hybridized carbons (Fsp3) is 0.625. The number of hydrogen-bond acceptors (Lipinski definition) is 4. The molecule has 2 rings (SSSR count). The van der Waals surface area contributed by atoms with Crippen LogP contribution in [0, 0.1) is 16.0 Å². The van der Waals surface area contributed by atoms with Gasteiger partial charge in [0.15, 0.2) is 0 Å². The number of rotatable bonds is 5. The van der Waals surface area contributed by atoms with Gasteiger partial charge in [0, 0.05) is 37.5 Å². The van der Waals surface area contributed by atoms with E-state index >= 15 is 0 Å². The molecule has 1 aromatic carbocycles. The Morgan fingerprint density at radius 3 is 2.71 bits per heavy atom. The molecule has 0 amide bonds. The summed E-state index contributed by atoms with van der Waals surface area (Å²) >= 11 is 0. The summed E-state index contributed by atoms with van der Waals surface area (Å²) in [5.41, 5.74) is 2.12. The van der Waals surface area contributed by atoms with Crippen LogP contribution in [-0.2, 0) is 6.54 Å². The van der Waals surface area contributed by atoms with E-state index in [9.17, 15) is 10.1 Å². The van der Waals surface area contributed by atoms with E-state index in [2.05, 4.69) is 24.2 Å². The maximum absolute atomic E-state index is 11.0. The SMILES string of the molecule is CNc1ccc([N+](=O)[O-])cc1CN(C)C1CCCCC1C. The molecule has 1 N–H and O–H groups in total. The molecule has 0 saturated heterocycles. The first-order valence-electron chi connectivity index (χ1n) is 7.68. The van der Waals surface area contributed by atoms with E-state index in [1.165, 1.54) is 25.7 Å². The molecule has 0 aromatic heterocycles. The van der Waals surface area contributed by atoms with Crippen molar-refractivity contribution in [1.82, 2.24) is 4.90 Å². The summed E-state index contributed by atoms with van der Waals surface area (Å²) in [4.78, 5) is 13.0. The van der Waals surface area contributed by atoms with Crippen LogP contribution in [0.3, 0.4) is 0 Å². The molecule has 0 bridgehead atoms. The van der Waals surface area contributed by atoms with Gasteiger partial charge in [0.05, 0.1) is 4.92 Å². The summed E-state index contributed by atoms with van der Waals surface area (Å²) in [7, 11) is 3.98. The van der Waals surface area contributed by atoms with Crippen molar-refractivity contribution in [3.05, 3.63) is 33.9 Å². The highest BCUT2D eigenvalue weighted by molar-refractivity contribution is 5.55. The van der Waals surface area contributed by atoms with Gasteiger partial charge in [-0.1, -0.05) is 19.8 Å². The quantitative estimate of drug-likeness (QED) is 0.664. The van der Waals surface area contributed by atoms with Gasteiger partial charge in [0.2, 0.25) is 0 Å². The summed E-state index contributed by atoms with van der Waals surface area (Å²) in [5, 5.41) is 14.1. The van der Waals surface area contributed by atoms with Gasteiger partial charge < -0.3 is 5.32 Å². The normalized spacial score (nSPS) is 22.3. The minimum Gasteiger partial charge on any atom is -0.388 e. The zero-order chi connectivity index (χ0) is 15.4. The topological polar surface area (TPSA) is 58.4 Å². The van der Waals surface area contributed by atoms with E-state index in [-0.39, 0.29) is 10.6 Å². The smallest absolute Gasteiger partial charge is 0.269 e. The highest BCUT2D eigenvalue weighted by Crippen LogP contribution is 2.30. The monoisotopic (exact) mass is 291 g/mol. The Morgan fingerprint density at radius 1 is 1.38 bits per heavy atom. The third-order valence-electron chi connectivity index (χ3n) is 4.62. The van der Waals surface area contributed by atoms with Gasteiger partial charge in [-0.3, -0.25) is 15.0 Å². The second kappa shape index (κ2) is 6.89. The maximum atomic E-state index is 11.0. The Balaban J connectivity index is 2.16. The Morgan fingerprint density at radius 2 is 2.10 bits per heavy atom. The van der Waals surface area contributed by atoms with Crippen LogP contribution >= 0.6 is 0 Å². The van der Waals surface area contributed by atoms with Crippen molar-refractivity contribution in [1.29, 1.82) is 0 Å². The number of nitrogens with one attached hydrogen (secondary N) is 1. The van der Waals surface area contributed by atoms with Gasteiger partial charge in [0.25, 0.3) is 5.69 Å². The van der Waals surface area contributed by atoms with Gasteiger partial charge in [-0.05, 0) is 37.4 Å². The van der Waals surface area contributed by atoms with Crippen molar-refractivity contribution in [2.24, 2.45) is 5.92 Å². The van der Waals surface area contributed by atoms with Gasteiger partial charge in [-0.25, -0.2) is 0 Å². The summed E-state index contributed by atoms with van der Waals surface area (Å²) in [5.74, 6) is 0.695. The molecule has 1 fully saturated rings. The van der Waals surface area contributed by atoms with Crippen molar-refractivity contribution >= 4 is 11.4 Å². The molecule has 2 unspecified atom stereocenters. The average molecular weight is 291 g/mol. The lowest BCUT2D eigenvalue weighted by Crippen LogP contribution is -2.38. The first kappa shape index (κ1) is 15.8. The van der Waals surface area contributed by atoms with Crippen LogP contribution in [0.1, 0.15) is 38.2 Å². The fourth-order valence-electron chi connectivity index (χ4n) is 3.41. The van der Waals surface area contributed by atoms with E-state index in [1.807, 2.05) is 7.05 Å². The largest absolute Gasteiger partial charge is 0.388 e. The summed E-state index contributed by atoms with van der Waals surface area (Å²) in [6, 6.07) is 5.61. The molecule has 0 heterocycles. The highest BCUT2D eigenvalue weighted by Gasteiger charge is 2.25. The molecule has 116 valence electrons. The first-order chi connectivity index (χ1) is 10.0. The molecule has 5 heteroatoms. The Kier molecular flexibility index (Phi) is 5.17. The van der Waals surface area contributed by atoms with E-state index in [4.69, 9.17) is 0 Å². The molecule has 0 aliphatic heterocycles. The zero-order valence-corrected chi connectivity index (χ0v) is 13.1. The van der Waals surface area contributed by atoms with E-state index in [1.54, 1.807) is 18.2 Å². The lowest BCUT2D eigenvalue weighted by molar-refractivity contribution is -0.384. The summed E-state index contributed by atoms with van der Waals surface area (Å²) in [6.45, 7) is 3.06. The van der Waals surface area contributed by atoms with Crippen molar-refractivity contribution in [3.63, 3.8) is 0 Å². The van der Waals surface area contributed by atoms with E-state index < -0.39 is 0 Å². The number of non-ortho nitro benzene ring substituents is 1. The van der Waals surface area contributed by atoms with Crippen LogP contribution in [0.5, 0.6) is 0 Å². The number of hydrogen-bond donors (Lipinski definition) is 1. The molecule has 0 radical (unpaired) electrons. The zero-order valence-electron chi connectivity index (χ0n) is 13.1.